The molecule has 65 valence electrons. The largest absolute Gasteiger partial charge is 0.375 e. The minimum atomic E-state index is 0.345. The molecule has 1 rings (SSSR count). The van der Waals surface area contributed by atoms with Crippen LogP contribution in [0.25, 0.3) is 0 Å². The van der Waals surface area contributed by atoms with Gasteiger partial charge in [0.25, 0.3) is 0 Å². The topological polar surface area (TPSA) is 9.23 Å². The highest BCUT2D eigenvalue weighted by Gasteiger charge is 2.15. The number of ether oxygens (including phenoxy) is 1. The van der Waals surface area contributed by atoms with E-state index in [1.165, 1.54) is 32.1 Å². The van der Waals surface area contributed by atoms with E-state index >= 15 is 0 Å². The van der Waals surface area contributed by atoms with Crippen molar-refractivity contribution in [1.82, 2.24) is 0 Å². The second-order valence-electron chi connectivity index (χ2n) is 3.43. The van der Waals surface area contributed by atoms with Crippen LogP contribution in [0.5, 0.6) is 0 Å². The average molecular weight is 155 g/mol. The monoisotopic (exact) mass is 155 g/mol. The van der Waals surface area contributed by atoms with Crippen molar-refractivity contribution in [1.29, 1.82) is 0 Å². The van der Waals surface area contributed by atoms with Crippen molar-refractivity contribution in [3.8, 4) is 0 Å². The average Bonchev–Trinajstić information content (AvgIpc) is 2.06. The quantitative estimate of drug-likeness (QED) is 0.609. The van der Waals surface area contributed by atoms with Gasteiger partial charge >= 0.3 is 0 Å². The molecule has 0 amide bonds. The first-order valence-electron chi connectivity index (χ1n) is 4.78. The van der Waals surface area contributed by atoms with Gasteiger partial charge in [0.1, 0.15) is 0 Å². The normalized spacial score (nSPS) is 23.5. The van der Waals surface area contributed by atoms with E-state index < -0.39 is 0 Å². The molecule has 0 spiro atoms. The molecule has 1 saturated carbocycles. The van der Waals surface area contributed by atoms with Gasteiger partial charge in [-0.1, -0.05) is 26.2 Å². The summed E-state index contributed by atoms with van der Waals surface area (Å²) in [4.78, 5) is 0. The fourth-order valence-electron chi connectivity index (χ4n) is 1.58. The van der Waals surface area contributed by atoms with Gasteiger partial charge in [-0.25, -0.2) is 0 Å². The Bertz CT molecular complexity index is 95.0. The lowest BCUT2D eigenvalue weighted by atomic mass is 9.97. The molecule has 11 heavy (non-hydrogen) atoms. The summed E-state index contributed by atoms with van der Waals surface area (Å²) in [7, 11) is 0. The molecule has 1 heteroatoms. The van der Waals surface area contributed by atoms with E-state index in [4.69, 9.17) is 4.74 Å². The van der Waals surface area contributed by atoms with Crippen molar-refractivity contribution in [3.63, 3.8) is 0 Å². The second kappa shape index (κ2) is 4.76. The van der Waals surface area contributed by atoms with E-state index in [0.29, 0.717) is 12.2 Å². The number of hydrogen-bond donors (Lipinski definition) is 0. The fraction of sp³-hybridized carbons (Fsp3) is 0.900. The van der Waals surface area contributed by atoms with Crippen molar-refractivity contribution in [2.24, 2.45) is 0 Å². The van der Waals surface area contributed by atoms with Crippen molar-refractivity contribution in [3.05, 3.63) is 6.42 Å². The van der Waals surface area contributed by atoms with Crippen LogP contribution < -0.4 is 0 Å². The first-order valence-corrected chi connectivity index (χ1v) is 4.78. The van der Waals surface area contributed by atoms with Crippen LogP contribution >= 0.6 is 0 Å². The van der Waals surface area contributed by atoms with Gasteiger partial charge in [0.05, 0.1) is 12.2 Å². The van der Waals surface area contributed by atoms with Crippen molar-refractivity contribution in [2.45, 2.75) is 58.2 Å². The zero-order valence-corrected chi connectivity index (χ0v) is 7.68. The third kappa shape index (κ3) is 3.24. The van der Waals surface area contributed by atoms with Crippen LogP contribution in [-0.4, -0.2) is 12.2 Å². The van der Waals surface area contributed by atoms with Gasteiger partial charge in [0.2, 0.25) is 0 Å². The molecule has 1 unspecified atom stereocenters. The van der Waals surface area contributed by atoms with Gasteiger partial charge < -0.3 is 4.74 Å². The molecule has 1 atom stereocenters. The van der Waals surface area contributed by atoms with E-state index in [0.717, 1.165) is 0 Å². The predicted molar refractivity (Wildman–Crippen MR) is 47.4 cm³/mol. The SMILES string of the molecule is C[CH]C(C)OC1CCCCC1. The van der Waals surface area contributed by atoms with Crippen LogP contribution in [0.4, 0.5) is 0 Å². The van der Waals surface area contributed by atoms with E-state index in [-0.39, 0.29) is 0 Å². The summed E-state index contributed by atoms with van der Waals surface area (Å²) in [6, 6.07) is 0. The molecule has 0 heterocycles. The highest BCUT2D eigenvalue weighted by atomic mass is 16.5. The summed E-state index contributed by atoms with van der Waals surface area (Å²) < 4.78 is 5.78. The summed E-state index contributed by atoms with van der Waals surface area (Å²) in [5.74, 6) is 0. The third-order valence-corrected chi connectivity index (χ3v) is 2.43. The molecule has 0 bridgehead atoms. The molecular formula is C10H19O. The van der Waals surface area contributed by atoms with Crippen LogP contribution in [0.3, 0.4) is 0 Å². The molecule has 0 aromatic rings. The van der Waals surface area contributed by atoms with Gasteiger partial charge in [0, 0.05) is 0 Å². The minimum absolute atomic E-state index is 0.345. The van der Waals surface area contributed by atoms with Gasteiger partial charge in [-0.05, 0) is 26.2 Å². The molecule has 0 aromatic carbocycles. The van der Waals surface area contributed by atoms with Gasteiger partial charge in [-0.15, -0.1) is 0 Å². The highest BCUT2D eigenvalue weighted by molar-refractivity contribution is 4.71. The van der Waals surface area contributed by atoms with E-state index in [1.807, 2.05) is 0 Å². The summed E-state index contributed by atoms with van der Waals surface area (Å²) in [6.07, 6.45) is 9.70. The number of hydrogen-bond acceptors (Lipinski definition) is 1. The van der Waals surface area contributed by atoms with Crippen LogP contribution in [0, 0.1) is 6.42 Å². The van der Waals surface area contributed by atoms with Crippen molar-refractivity contribution in [2.75, 3.05) is 0 Å². The standard InChI is InChI=1S/C10H19O/c1-3-9(2)11-10-7-5-4-6-8-10/h3,9-10H,4-8H2,1-2H3. The lowest BCUT2D eigenvalue weighted by molar-refractivity contribution is -0.00549. The maximum absolute atomic E-state index is 5.78. The maximum atomic E-state index is 5.78. The zero-order valence-electron chi connectivity index (χ0n) is 7.68. The fourth-order valence-corrected chi connectivity index (χ4v) is 1.58. The Balaban J connectivity index is 2.13. The molecule has 0 aromatic heterocycles. The van der Waals surface area contributed by atoms with Crippen LogP contribution in [0.15, 0.2) is 0 Å². The Morgan fingerprint density at radius 3 is 2.45 bits per heavy atom. The Morgan fingerprint density at radius 2 is 1.91 bits per heavy atom. The molecular weight excluding hydrogens is 136 g/mol. The first kappa shape index (κ1) is 9.05. The molecule has 0 aliphatic heterocycles. The first-order chi connectivity index (χ1) is 5.33. The van der Waals surface area contributed by atoms with Crippen LogP contribution in [-0.2, 0) is 4.74 Å². The molecule has 1 fully saturated rings. The molecule has 1 radical (unpaired) electrons. The molecule has 1 nitrogen and oxygen atoms in total. The van der Waals surface area contributed by atoms with Gasteiger partial charge in [-0.3, -0.25) is 0 Å². The van der Waals surface area contributed by atoms with Crippen LogP contribution in [0.1, 0.15) is 46.0 Å². The highest BCUT2D eigenvalue weighted by Crippen LogP contribution is 2.21. The van der Waals surface area contributed by atoms with E-state index in [2.05, 4.69) is 20.3 Å². The Morgan fingerprint density at radius 1 is 1.27 bits per heavy atom. The smallest absolute Gasteiger partial charge is 0.0579 e. The summed E-state index contributed by atoms with van der Waals surface area (Å²) in [5.41, 5.74) is 0. The van der Waals surface area contributed by atoms with Gasteiger partial charge in [-0.2, -0.15) is 0 Å². The third-order valence-electron chi connectivity index (χ3n) is 2.43. The molecule has 1 aliphatic carbocycles. The molecule has 0 N–H and O–H groups in total. The predicted octanol–water partition coefficient (Wildman–Crippen LogP) is 2.95. The summed E-state index contributed by atoms with van der Waals surface area (Å²) in [5, 5.41) is 0. The zero-order chi connectivity index (χ0) is 8.10. The molecule has 1 aliphatic rings. The lowest BCUT2D eigenvalue weighted by Gasteiger charge is -2.24. The summed E-state index contributed by atoms with van der Waals surface area (Å²) >= 11 is 0. The number of rotatable bonds is 3. The maximum Gasteiger partial charge on any atom is 0.0579 e. The van der Waals surface area contributed by atoms with Gasteiger partial charge in [0.15, 0.2) is 0 Å². The van der Waals surface area contributed by atoms with Crippen molar-refractivity contribution < 1.29 is 4.74 Å². The second-order valence-corrected chi connectivity index (χ2v) is 3.43. The Labute approximate surface area is 70.1 Å². The minimum Gasteiger partial charge on any atom is -0.375 e. The van der Waals surface area contributed by atoms with Crippen molar-refractivity contribution >= 4 is 0 Å². The Hall–Kier alpha value is -0.0400. The van der Waals surface area contributed by atoms with E-state index in [1.54, 1.807) is 0 Å². The van der Waals surface area contributed by atoms with E-state index in [9.17, 15) is 0 Å². The lowest BCUT2D eigenvalue weighted by Crippen LogP contribution is -2.21. The summed E-state index contributed by atoms with van der Waals surface area (Å²) in [6.45, 7) is 4.18. The van der Waals surface area contributed by atoms with Crippen LogP contribution in [0.2, 0.25) is 0 Å². The Kier molecular flexibility index (Phi) is 3.92. The molecule has 0 saturated heterocycles.